The van der Waals surface area contributed by atoms with Crippen LogP contribution in [0.4, 0.5) is 0 Å². The number of benzene rings is 3. The first-order valence-corrected chi connectivity index (χ1v) is 9.34. The second-order valence-electron chi connectivity index (χ2n) is 5.33. The fraction of sp³-hybridized carbons (Fsp3) is 0.105. The molecule has 1 N–H and O–H groups in total. The van der Waals surface area contributed by atoms with E-state index >= 15 is 0 Å². The Kier molecular flexibility index (Phi) is 5.00. The molecular weight excluding hydrogens is 336 g/mol. The maximum atomic E-state index is 12.3. The summed E-state index contributed by atoms with van der Waals surface area (Å²) in [6, 6.07) is 19.9. The van der Waals surface area contributed by atoms with Crippen LogP contribution in [-0.2, 0) is 10.0 Å². The fourth-order valence-corrected chi connectivity index (χ4v) is 3.25. The number of fused-ring (bicyclic) bond motifs is 1. The molecule has 0 amide bonds. The first-order chi connectivity index (χ1) is 12.1. The number of nitrogens with one attached hydrogen (secondary N) is 1. The molecule has 0 saturated carbocycles. The standard InChI is InChI=1S/C19H18N2O3S/c1-2-24-17-10-12-18(13-11-17)25(22,23)21-20-14-16-8-5-7-15-6-3-4-9-19(15)16/h3-14,21H,2H2,1H3. The van der Waals surface area contributed by atoms with E-state index in [1.165, 1.54) is 18.3 Å². The Hall–Kier alpha value is -2.86. The molecule has 0 heterocycles. The lowest BCUT2D eigenvalue weighted by Gasteiger charge is -2.06. The molecule has 3 aromatic carbocycles. The maximum absolute atomic E-state index is 12.3. The summed E-state index contributed by atoms with van der Waals surface area (Å²) in [5, 5.41) is 5.98. The summed E-state index contributed by atoms with van der Waals surface area (Å²) in [4.78, 5) is 2.37. The highest BCUT2D eigenvalue weighted by atomic mass is 32.2. The van der Waals surface area contributed by atoms with Gasteiger partial charge >= 0.3 is 0 Å². The Labute approximate surface area is 147 Å². The molecule has 0 aromatic heterocycles. The Morgan fingerprint density at radius 2 is 1.72 bits per heavy atom. The van der Waals surface area contributed by atoms with Crippen LogP contribution in [0.15, 0.2) is 76.7 Å². The van der Waals surface area contributed by atoms with E-state index in [0.29, 0.717) is 12.4 Å². The van der Waals surface area contributed by atoms with E-state index in [4.69, 9.17) is 4.74 Å². The van der Waals surface area contributed by atoms with Crippen LogP contribution in [0.2, 0.25) is 0 Å². The highest BCUT2D eigenvalue weighted by molar-refractivity contribution is 7.89. The number of rotatable bonds is 6. The van der Waals surface area contributed by atoms with E-state index in [1.54, 1.807) is 12.1 Å². The average molecular weight is 354 g/mol. The van der Waals surface area contributed by atoms with Gasteiger partial charge in [0, 0.05) is 5.56 Å². The monoisotopic (exact) mass is 354 g/mol. The molecule has 3 rings (SSSR count). The van der Waals surface area contributed by atoms with E-state index in [-0.39, 0.29) is 4.90 Å². The first-order valence-electron chi connectivity index (χ1n) is 7.85. The molecule has 0 aliphatic rings. The molecule has 128 valence electrons. The van der Waals surface area contributed by atoms with Gasteiger partial charge in [-0.25, -0.2) is 4.83 Å². The lowest BCUT2D eigenvalue weighted by molar-refractivity contribution is 0.340. The molecule has 0 radical (unpaired) electrons. The van der Waals surface area contributed by atoms with E-state index in [1.807, 2.05) is 49.4 Å². The van der Waals surface area contributed by atoms with Crippen molar-refractivity contribution in [3.8, 4) is 5.75 Å². The molecule has 0 bridgehead atoms. The van der Waals surface area contributed by atoms with Crippen LogP contribution in [0.1, 0.15) is 12.5 Å². The second kappa shape index (κ2) is 7.36. The van der Waals surface area contributed by atoms with Crippen LogP contribution in [0.25, 0.3) is 10.8 Å². The quantitative estimate of drug-likeness (QED) is 0.544. The number of ether oxygens (including phenoxy) is 1. The van der Waals surface area contributed by atoms with Gasteiger partial charge in [-0.2, -0.15) is 13.5 Å². The average Bonchev–Trinajstić information content (AvgIpc) is 2.63. The highest BCUT2D eigenvalue weighted by Gasteiger charge is 2.12. The van der Waals surface area contributed by atoms with Gasteiger partial charge in [0.25, 0.3) is 10.0 Å². The van der Waals surface area contributed by atoms with Gasteiger partial charge in [0.1, 0.15) is 5.75 Å². The SMILES string of the molecule is CCOc1ccc(S(=O)(=O)NN=Cc2cccc3ccccc23)cc1. The maximum Gasteiger partial charge on any atom is 0.276 e. The van der Waals surface area contributed by atoms with Gasteiger partial charge in [0.2, 0.25) is 0 Å². The van der Waals surface area contributed by atoms with Crippen LogP contribution in [0.5, 0.6) is 5.75 Å². The summed E-state index contributed by atoms with van der Waals surface area (Å²) < 4.78 is 29.9. The first kappa shape index (κ1) is 17.0. The van der Waals surface area contributed by atoms with Crippen molar-refractivity contribution in [1.29, 1.82) is 0 Å². The third-order valence-electron chi connectivity index (χ3n) is 3.64. The molecular formula is C19H18N2O3S. The largest absolute Gasteiger partial charge is 0.494 e. The number of hydrogen-bond donors (Lipinski definition) is 1. The molecule has 6 heteroatoms. The third-order valence-corrected chi connectivity index (χ3v) is 4.88. The summed E-state index contributed by atoms with van der Waals surface area (Å²) >= 11 is 0. The number of hydrogen-bond acceptors (Lipinski definition) is 4. The lowest BCUT2D eigenvalue weighted by Crippen LogP contribution is -2.18. The van der Waals surface area contributed by atoms with E-state index in [9.17, 15) is 8.42 Å². The third kappa shape index (κ3) is 3.97. The highest BCUT2D eigenvalue weighted by Crippen LogP contribution is 2.17. The molecule has 0 saturated heterocycles. The summed E-state index contributed by atoms with van der Waals surface area (Å²) in [6.07, 6.45) is 1.51. The van der Waals surface area contributed by atoms with Gasteiger partial charge in [-0.15, -0.1) is 0 Å². The van der Waals surface area contributed by atoms with Gasteiger partial charge in [-0.1, -0.05) is 42.5 Å². The van der Waals surface area contributed by atoms with Gasteiger partial charge < -0.3 is 4.74 Å². The number of hydrazone groups is 1. The minimum absolute atomic E-state index is 0.131. The molecule has 25 heavy (non-hydrogen) atoms. The second-order valence-corrected chi connectivity index (χ2v) is 6.99. The van der Waals surface area contributed by atoms with Gasteiger partial charge in [0.05, 0.1) is 17.7 Å². The zero-order valence-corrected chi connectivity index (χ0v) is 14.5. The van der Waals surface area contributed by atoms with Gasteiger partial charge in [-0.05, 0) is 42.0 Å². The van der Waals surface area contributed by atoms with Crippen molar-refractivity contribution in [2.24, 2.45) is 5.10 Å². The van der Waals surface area contributed by atoms with Crippen LogP contribution in [0.3, 0.4) is 0 Å². The van der Waals surface area contributed by atoms with Crippen LogP contribution >= 0.6 is 0 Å². The predicted octanol–water partition coefficient (Wildman–Crippen LogP) is 3.55. The van der Waals surface area contributed by atoms with Crippen molar-refractivity contribution >= 4 is 27.0 Å². The Morgan fingerprint density at radius 3 is 2.48 bits per heavy atom. The molecule has 0 aliphatic carbocycles. The Bertz CT molecular complexity index is 991. The van der Waals surface area contributed by atoms with Crippen molar-refractivity contribution in [2.75, 3.05) is 6.61 Å². The normalized spacial score (nSPS) is 11.7. The van der Waals surface area contributed by atoms with Crippen LogP contribution < -0.4 is 9.57 Å². The van der Waals surface area contributed by atoms with Crippen LogP contribution in [0, 0.1) is 0 Å². The van der Waals surface area contributed by atoms with Gasteiger partial charge in [-0.3, -0.25) is 0 Å². The van der Waals surface area contributed by atoms with Crippen molar-refractivity contribution < 1.29 is 13.2 Å². The smallest absolute Gasteiger partial charge is 0.276 e. The minimum Gasteiger partial charge on any atom is -0.494 e. The van der Waals surface area contributed by atoms with Crippen molar-refractivity contribution in [3.63, 3.8) is 0 Å². The topological polar surface area (TPSA) is 67.8 Å². The zero-order chi connectivity index (χ0) is 17.7. The van der Waals surface area contributed by atoms with Crippen LogP contribution in [-0.4, -0.2) is 21.2 Å². The van der Waals surface area contributed by atoms with Crippen molar-refractivity contribution in [3.05, 3.63) is 72.3 Å². The molecule has 0 unspecified atom stereocenters. The molecule has 0 aliphatic heterocycles. The molecule has 0 spiro atoms. The molecule has 3 aromatic rings. The molecule has 0 fully saturated rings. The zero-order valence-electron chi connectivity index (χ0n) is 13.7. The van der Waals surface area contributed by atoms with Gasteiger partial charge in [0.15, 0.2) is 0 Å². The predicted molar refractivity (Wildman–Crippen MR) is 99.5 cm³/mol. The summed E-state index contributed by atoms with van der Waals surface area (Å²) in [5.41, 5.74) is 0.840. The number of nitrogens with zero attached hydrogens (tertiary/aromatic N) is 1. The minimum atomic E-state index is -3.72. The fourth-order valence-electron chi connectivity index (χ4n) is 2.46. The van der Waals surface area contributed by atoms with E-state index in [2.05, 4.69) is 9.93 Å². The lowest BCUT2D eigenvalue weighted by atomic mass is 10.1. The summed E-state index contributed by atoms with van der Waals surface area (Å²) in [5.74, 6) is 0.626. The van der Waals surface area contributed by atoms with E-state index < -0.39 is 10.0 Å². The summed E-state index contributed by atoms with van der Waals surface area (Å²) in [6.45, 7) is 2.40. The Balaban J connectivity index is 1.78. The molecule has 0 atom stereocenters. The molecule has 5 nitrogen and oxygen atoms in total. The van der Waals surface area contributed by atoms with E-state index in [0.717, 1.165) is 16.3 Å². The number of sulfonamides is 1. The Morgan fingerprint density at radius 1 is 1.00 bits per heavy atom. The van der Waals surface area contributed by atoms with Crippen molar-refractivity contribution in [2.45, 2.75) is 11.8 Å². The van der Waals surface area contributed by atoms with Crippen molar-refractivity contribution in [1.82, 2.24) is 4.83 Å². The summed E-state index contributed by atoms with van der Waals surface area (Å²) in [7, 11) is -3.72.